The van der Waals surface area contributed by atoms with Gasteiger partial charge in [-0.2, -0.15) is 0 Å². The van der Waals surface area contributed by atoms with Crippen molar-refractivity contribution in [1.29, 1.82) is 0 Å². The number of allylic oxidation sites excluding steroid dienone is 2. The first-order valence-electron chi connectivity index (χ1n) is 6.00. The number of esters is 1. The number of hydrogen-bond acceptors (Lipinski definition) is 2. The number of fused-ring (bicyclic) bond motifs is 1. The summed E-state index contributed by atoms with van der Waals surface area (Å²) in [7, 11) is 0. The van der Waals surface area contributed by atoms with Crippen LogP contribution in [0.3, 0.4) is 0 Å². The molecular weight excluding hydrogens is 176 g/mol. The van der Waals surface area contributed by atoms with Gasteiger partial charge in [-0.25, -0.2) is 0 Å². The van der Waals surface area contributed by atoms with E-state index in [-0.39, 0.29) is 5.97 Å². The van der Waals surface area contributed by atoms with Crippen molar-refractivity contribution in [3.05, 3.63) is 11.8 Å². The molecule has 2 atom stereocenters. The monoisotopic (exact) mass is 195 g/mol. The predicted molar refractivity (Wildman–Crippen MR) is 54.5 cm³/mol. The summed E-state index contributed by atoms with van der Waals surface area (Å²) in [5.41, 5.74) is 0. The smallest absolute Gasteiger partial charge is 0.307 e. The minimum atomic E-state index is -0.457. The zero-order valence-corrected chi connectivity index (χ0v) is 8.71. The zero-order chi connectivity index (χ0) is 10.9. The summed E-state index contributed by atoms with van der Waals surface area (Å²) < 4.78 is 13.5. The van der Waals surface area contributed by atoms with Crippen molar-refractivity contribution >= 4 is 5.97 Å². The van der Waals surface area contributed by atoms with Gasteiger partial charge in [0.25, 0.3) is 0 Å². The molecule has 0 saturated heterocycles. The summed E-state index contributed by atoms with van der Waals surface area (Å²) >= 11 is 0. The van der Waals surface area contributed by atoms with Gasteiger partial charge in [-0.05, 0) is 37.2 Å². The summed E-state index contributed by atoms with van der Waals surface area (Å²) in [6, 6.07) is 0. The molecule has 0 N–H and O–H groups in total. The Bertz CT molecular complexity index is 298. The van der Waals surface area contributed by atoms with Crippen LogP contribution in [0.5, 0.6) is 0 Å². The van der Waals surface area contributed by atoms with Gasteiger partial charge in [-0.15, -0.1) is 0 Å². The van der Waals surface area contributed by atoms with Crippen molar-refractivity contribution in [2.75, 3.05) is 0 Å². The Kier molecular flexibility index (Phi) is 2.53. The third-order valence-corrected chi connectivity index (χ3v) is 3.15. The van der Waals surface area contributed by atoms with Gasteiger partial charge in [0.1, 0.15) is 5.76 Å². The fourth-order valence-electron chi connectivity index (χ4n) is 2.49. The number of carbonyl (C=O) groups excluding carboxylic acids is 1. The highest BCUT2D eigenvalue weighted by Gasteiger charge is 2.28. The van der Waals surface area contributed by atoms with Crippen molar-refractivity contribution < 1.29 is 10.9 Å². The first kappa shape index (κ1) is 8.51. The molecule has 1 saturated carbocycles. The predicted octanol–water partition coefficient (Wildman–Crippen LogP) is 3.03. The minimum Gasteiger partial charge on any atom is -0.432 e. The van der Waals surface area contributed by atoms with Crippen molar-refractivity contribution in [2.24, 2.45) is 11.8 Å². The molecular formula is C12H18O2. The van der Waals surface area contributed by atoms with E-state index < -0.39 is 5.89 Å². The largest absolute Gasteiger partial charge is 0.432 e. The summed E-state index contributed by atoms with van der Waals surface area (Å²) in [6.45, 7) is 1.42. The average molecular weight is 195 g/mol. The molecule has 0 aromatic carbocycles. The summed E-state index contributed by atoms with van der Waals surface area (Å²) in [5, 5.41) is 0. The molecule has 0 aliphatic heterocycles. The number of rotatable bonds is 1. The molecule has 0 aromatic heterocycles. The highest BCUT2D eigenvalue weighted by Crippen LogP contribution is 2.39. The van der Waals surface area contributed by atoms with E-state index in [1.165, 1.54) is 13.3 Å². The Morgan fingerprint density at radius 1 is 1.50 bits per heavy atom. The van der Waals surface area contributed by atoms with Crippen molar-refractivity contribution in [1.82, 2.24) is 0 Å². The van der Waals surface area contributed by atoms with Crippen LogP contribution in [-0.4, -0.2) is 5.97 Å². The molecule has 2 heteroatoms. The van der Waals surface area contributed by atoms with E-state index >= 15 is 0 Å². The molecule has 78 valence electrons. The van der Waals surface area contributed by atoms with Crippen LogP contribution in [0, 0.1) is 11.8 Å². The lowest BCUT2D eigenvalue weighted by Crippen LogP contribution is -2.22. The molecule has 0 spiro atoms. The first-order valence-corrected chi connectivity index (χ1v) is 5.50. The van der Waals surface area contributed by atoms with Crippen molar-refractivity contribution in [2.45, 2.75) is 45.4 Å². The Morgan fingerprint density at radius 2 is 2.29 bits per heavy atom. The maximum atomic E-state index is 10.9. The maximum absolute atomic E-state index is 10.9. The number of hydrogen-bond donors (Lipinski definition) is 0. The lowest BCUT2D eigenvalue weighted by Gasteiger charge is -2.33. The van der Waals surface area contributed by atoms with Crippen LogP contribution in [0.1, 0.15) is 46.8 Å². The second kappa shape index (κ2) is 4.16. The molecule has 14 heavy (non-hydrogen) atoms. The Balaban J connectivity index is 2.13. The van der Waals surface area contributed by atoms with Crippen LogP contribution in [0.15, 0.2) is 11.8 Å². The van der Waals surface area contributed by atoms with Gasteiger partial charge in [0.05, 0.1) is 0 Å². The second-order valence-corrected chi connectivity index (χ2v) is 4.26. The van der Waals surface area contributed by atoms with E-state index in [4.69, 9.17) is 6.11 Å². The van der Waals surface area contributed by atoms with Gasteiger partial charge < -0.3 is 4.74 Å². The molecule has 1 fully saturated rings. The third kappa shape index (κ3) is 2.17. The van der Waals surface area contributed by atoms with Crippen LogP contribution in [0.2, 0.25) is 0 Å². The topological polar surface area (TPSA) is 26.3 Å². The summed E-state index contributed by atoms with van der Waals surface area (Å²) in [4.78, 5) is 10.9. The van der Waals surface area contributed by atoms with Gasteiger partial charge in [0, 0.05) is 14.7 Å². The Labute approximate surface area is 86.7 Å². The summed E-state index contributed by atoms with van der Waals surface area (Å²) in [6.07, 6.45) is 8.18. The normalized spacial score (nSPS) is 37.9. The number of carbonyl (C=O) groups is 1. The van der Waals surface area contributed by atoms with E-state index in [1.807, 2.05) is 6.08 Å². The zero-order valence-electron chi connectivity index (χ0n) is 9.71. The standard InChI is InChI=1S/C12H18O2/c1-9(13)14-12-7-6-10-4-2-3-5-11(10)8-12/h8,10-11H,2-7H2,1H3/t10-,11+/m1/s1/i11D. The maximum Gasteiger partial charge on any atom is 0.307 e. The molecule has 2 nitrogen and oxygen atoms in total. The fourth-order valence-corrected chi connectivity index (χ4v) is 2.49. The van der Waals surface area contributed by atoms with E-state index in [0.29, 0.717) is 5.92 Å². The van der Waals surface area contributed by atoms with E-state index in [2.05, 4.69) is 0 Å². The molecule has 2 rings (SSSR count). The van der Waals surface area contributed by atoms with Crippen LogP contribution in [0.25, 0.3) is 0 Å². The van der Waals surface area contributed by atoms with Crippen molar-refractivity contribution in [3.63, 3.8) is 0 Å². The van der Waals surface area contributed by atoms with Gasteiger partial charge in [0.2, 0.25) is 0 Å². The van der Waals surface area contributed by atoms with Gasteiger partial charge in [-0.1, -0.05) is 12.8 Å². The lowest BCUT2D eigenvalue weighted by atomic mass is 9.74. The molecule has 0 heterocycles. The second-order valence-electron chi connectivity index (χ2n) is 4.26. The van der Waals surface area contributed by atoms with Gasteiger partial charge >= 0.3 is 5.97 Å². The van der Waals surface area contributed by atoms with Crippen LogP contribution >= 0.6 is 0 Å². The molecule has 0 aromatic rings. The average Bonchev–Trinajstić information content (AvgIpc) is 2.15. The highest BCUT2D eigenvalue weighted by molar-refractivity contribution is 5.67. The van der Waals surface area contributed by atoms with Crippen LogP contribution in [0.4, 0.5) is 0 Å². The summed E-state index contributed by atoms with van der Waals surface area (Å²) in [5.74, 6) is 0.474. The lowest BCUT2D eigenvalue weighted by molar-refractivity contribution is -0.137. The Morgan fingerprint density at radius 3 is 3.07 bits per heavy atom. The van der Waals surface area contributed by atoms with E-state index in [9.17, 15) is 4.79 Å². The molecule has 0 bridgehead atoms. The van der Waals surface area contributed by atoms with E-state index in [1.54, 1.807) is 0 Å². The first-order chi connectivity index (χ1) is 7.10. The van der Waals surface area contributed by atoms with Gasteiger partial charge in [-0.3, -0.25) is 4.79 Å². The fraction of sp³-hybridized carbons (Fsp3) is 0.750. The molecule has 0 radical (unpaired) electrons. The molecule has 2 aliphatic rings. The molecule has 0 amide bonds. The molecule has 0 unspecified atom stereocenters. The minimum absolute atomic E-state index is 0.265. The van der Waals surface area contributed by atoms with Gasteiger partial charge in [0.15, 0.2) is 0 Å². The molecule has 2 aliphatic carbocycles. The van der Waals surface area contributed by atoms with Crippen LogP contribution in [-0.2, 0) is 9.53 Å². The Hall–Kier alpha value is -0.790. The third-order valence-electron chi connectivity index (χ3n) is 3.15. The quantitative estimate of drug-likeness (QED) is 0.601. The van der Waals surface area contributed by atoms with Crippen molar-refractivity contribution in [3.8, 4) is 0 Å². The van der Waals surface area contributed by atoms with Crippen LogP contribution < -0.4 is 0 Å². The SMILES string of the molecule is [2H][C@]12C=C(OC(C)=O)CC[C@H]1CCCC2. The number of ether oxygens (including phenoxy) is 1. The van der Waals surface area contributed by atoms with E-state index in [0.717, 1.165) is 37.9 Å². The highest BCUT2D eigenvalue weighted by atomic mass is 16.5.